The molecule has 7 heteroatoms. The van der Waals surface area contributed by atoms with Gasteiger partial charge in [-0.2, -0.15) is 0 Å². The van der Waals surface area contributed by atoms with Gasteiger partial charge in [0.1, 0.15) is 17.7 Å². The SMILES string of the molecule is O=C1CC(C(=O)NCC(O)c2c(F)cccc2F)CCN1. The molecule has 2 amide bonds. The van der Waals surface area contributed by atoms with Crippen LogP contribution in [0.3, 0.4) is 0 Å². The topological polar surface area (TPSA) is 78.4 Å². The Morgan fingerprint density at radius 1 is 1.43 bits per heavy atom. The lowest BCUT2D eigenvalue weighted by Crippen LogP contribution is -2.42. The number of halogens is 2. The first-order valence-electron chi connectivity index (χ1n) is 6.65. The molecular formula is C14H16F2N2O3. The van der Waals surface area contributed by atoms with Crippen LogP contribution in [0.25, 0.3) is 0 Å². The highest BCUT2D eigenvalue weighted by Crippen LogP contribution is 2.20. The lowest BCUT2D eigenvalue weighted by molar-refractivity contribution is -0.132. The number of carbonyl (C=O) groups excluding carboxylic acids is 2. The van der Waals surface area contributed by atoms with Gasteiger partial charge in [-0.1, -0.05) is 6.07 Å². The number of piperidine rings is 1. The summed E-state index contributed by atoms with van der Waals surface area (Å²) in [5.41, 5.74) is -0.473. The molecule has 3 N–H and O–H groups in total. The summed E-state index contributed by atoms with van der Waals surface area (Å²) in [5, 5.41) is 14.8. The largest absolute Gasteiger partial charge is 0.386 e. The Labute approximate surface area is 120 Å². The second kappa shape index (κ2) is 6.62. The van der Waals surface area contributed by atoms with E-state index in [2.05, 4.69) is 10.6 Å². The monoisotopic (exact) mass is 298 g/mol. The molecule has 114 valence electrons. The Kier molecular flexibility index (Phi) is 4.85. The van der Waals surface area contributed by atoms with E-state index in [9.17, 15) is 23.5 Å². The third-order valence-electron chi connectivity index (χ3n) is 3.42. The standard InChI is InChI=1S/C14H16F2N2O3/c15-9-2-1-3-10(16)13(9)11(19)7-18-14(21)8-4-5-17-12(20)6-8/h1-3,8,11,19H,4-7H2,(H,17,20)(H,18,21). The Balaban J connectivity index is 1.93. The van der Waals surface area contributed by atoms with E-state index in [-0.39, 0.29) is 18.9 Å². The van der Waals surface area contributed by atoms with Gasteiger partial charge >= 0.3 is 0 Å². The van der Waals surface area contributed by atoms with Gasteiger partial charge in [0.25, 0.3) is 0 Å². The number of aliphatic hydroxyl groups excluding tert-OH is 1. The average Bonchev–Trinajstić information content (AvgIpc) is 2.44. The van der Waals surface area contributed by atoms with Crippen LogP contribution in [-0.2, 0) is 9.59 Å². The van der Waals surface area contributed by atoms with E-state index in [1.807, 2.05) is 0 Å². The fourth-order valence-electron chi connectivity index (χ4n) is 2.28. The summed E-state index contributed by atoms with van der Waals surface area (Å²) in [6.07, 6.45) is -0.898. The van der Waals surface area contributed by atoms with E-state index in [4.69, 9.17) is 0 Å². The molecule has 1 aliphatic rings. The van der Waals surface area contributed by atoms with E-state index >= 15 is 0 Å². The molecular weight excluding hydrogens is 282 g/mol. The molecule has 0 spiro atoms. The van der Waals surface area contributed by atoms with E-state index in [1.165, 1.54) is 6.07 Å². The highest BCUT2D eigenvalue weighted by Gasteiger charge is 2.26. The molecule has 5 nitrogen and oxygen atoms in total. The number of amides is 2. The zero-order valence-corrected chi connectivity index (χ0v) is 11.2. The zero-order valence-electron chi connectivity index (χ0n) is 11.2. The van der Waals surface area contributed by atoms with Crippen LogP contribution in [0.4, 0.5) is 8.78 Å². The Morgan fingerprint density at radius 3 is 2.71 bits per heavy atom. The molecule has 1 fully saturated rings. The molecule has 1 aromatic rings. The van der Waals surface area contributed by atoms with Gasteiger partial charge in [-0.3, -0.25) is 9.59 Å². The van der Waals surface area contributed by atoms with Crippen molar-refractivity contribution >= 4 is 11.8 Å². The van der Waals surface area contributed by atoms with Crippen molar-refractivity contribution < 1.29 is 23.5 Å². The fourth-order valence-corrected chi connectivity index (χ4v) is 2.28. The summed E-state index contributed by atoms with van der Waals surface area (Å²) in [6, 6.07) is 3.27. The lowest BCUT2D eigenvalue weighted by Gasteiger charge is -2.22. The van der Waals surface area contributed by atoms with Gasteiger partial charge in [-0.25, -0.2) is 8.78 Å². The number of aliphatic hydroxyl groups is 1. The van der Waals surface area contributed by atoms with Crippen LogP contribution in [0, 0.1) is 17.6 Å². The smallest absolute Gasteiger partial charge is 0.223 e. The molecule has 0 saturated carbocycles. The summed E-state index contributed by atoms with van der Waals surface area (Å²) < 4.78 is 26.9. The molecule has 2 unspecified atom stereocenters. The van der Waals surface area contributed by atoms with Crippen molar-refractivity contribution in [1.82, 2.24) is 10.6 Å². The van der Waals surface area contributed by atoms with Crippen LogP contribution in [0.15, 0.2) is 18.2 Å². The van der Waals surface area contributed by atoms with Crippen LogP contribution in [-0.4, -0.2) is 30.0 Å². The predicted molar refractivity (Wildman–Crippen MR) is 70.1 cm³/mol. The molecule has 2 atom stereocenters. The summed E-state index contributed by atoms with van der Waals surface area (Å²) in [7, 11) is 0. The molecule has 1 aromatic carbocycles. The average molecular weight is 298 g/mol. The molecule has 1 heterocycles. The molecule has 2 rings (SSSR count). The quantitative estimate of drug-likeness (QED) is 0.763. The summed E-state index contributed by atoms with van der Waals surface area (Å²) in [6.45, 7) is 0.107. The van der Waals surface area contributed by atoms with Crippen molar-refractivity contribution in [3.63, 3.8) is 0 Å². The van der Waals surface area contributed by atoms with Crippen molar-refractivity contribution in [2.75, 3.05) is 13.1 Å². The van der Waals surface area contributed by atoms with Crippen LogP contribution >= 0.6 is 0 Å². The molecule has 21 heavy (non-hydrogen) atoms. The summed E-state index contributed by atoms with van der Waals surface area (Å²) in [4.78, 5) is 23.0. The number of carbonyl (C=O) groups is 2. The minimum absolute atomic E-state index is 0.0794. The fraction of sp³-hybridized carbons (Fsp3) is 0.429. The number of rotatable bonds is 4. The third-order valence-corrected chi connectivity index (χ3v) is 3.42. The van der Waals surface area contributed by atoms with Crippen molar-refractivity contribution in [2.24, 2.45) is 5.92 Å². The van der Waals surface area contributed by atoms with Crippen molar-refractivity contribution in [3.8, 4) is 0 Å². The molecule has 0 radical (unpaired) electrons. The van der Waals surface area contributed by atoms with Crippen LogP contribution in [0.5, 0.6) is 0 Å². The van der Waals surface area contributed by atoms with Crippen LogP contribution in [0.1, 0.15) is 24.5 Å². The van der Waals surface area contributed by atoms with Gasteiger partial charge in [-0.15, -0.1) is 0 Å². The predicted octanol–water partition coefficient (Wildman–Crippen LogP) is 0.641. The first-order valence-corrected chi connectivity index (χ1v) is 6.65. The highest BCUT2D eigenvalue weighted by atomic mass is 19.1. The third kappa shape index (κ3) is 3.75. The van der Waals surface area contributed by atoms with Gasteiger partial charge in [-0.05, 0) is 18.6 Å². The molecule has 1 aliphatic heterocycles. The number of hydrogen-bond donors (Lipinski definition) is 3. The van der Waals surface area contributed by atoms with E-state index in [1.54, 1.807) is 0 Å². The summed E-state index contributed by atoms with van der Waals surface area (Å²) in [5.74, 6) is -2.82. The van der Waals surface area contributed by atoms with Crippen LogP contribution < -0.4 is 10.6 Å². The maximum Gasteiger partial charge on any atom is 0.223 e. The molecule has 0 bridgehead atoms. The van der Waals surface area contributed by atoms with Crippen molar-refractivity contribution in [2.45, 2.75) is 18.9 Å². The van der Waals surface area contributed by atoms with E-state index < -0.39 is 35.1 Å². The van der Waals surface area contributed by atoms with Gasteiger partial charge in [0, 0.05) is 25.4 Å². The maximum absolute atomic E-state index is 13.5. The van der Waals surface area contributed by atoms with E-state index in [0.717, 1.165) is 12.1 Å². The minimum atomic E-state index is -1.48. The first kappa shape index (κ1) is 15.4. The van der Waals surface area contributed by atoms with Crippen molar-refractivity contribution in [1.29, 1.82) is 0 Å². The molecule has 0 aliphatic carbocycles. The van der Waals surface area contributed by atoms with E-state index in [0.29, 0.717) is 13.0 Å². The van der Waals surface area contributed by atoms with Gasteiger partial charge in [0.05, 0.1) is 5.56 Å². The first-order chi connectivity index (χ1) is 9.99. The minimum Gasteiger partial charge on any atom is -0.386 e. The van der Waals surface area contributed by atoms with Gasteiger partial charge in [0.2, 0.25) is 11.8 Å². The van der Waals surface area contributed by atoms with Crippen molar-refractivity contribution in [3.05, 3.63) is 35.4 Å². The second-order valence-electron chi connectivity index (χ2n) is 4.94. The normalized spacial score (nSPS) is 19.8. The van der Waals surface area contributed by atoms with Crippen LogP contribution in [0.2, 0.25) is 0 Å². The molecule has 1 saturated heterocycles. The maximum atomic E-state index is 13.5. The molecule has 0 aromatic heterocycles. The zero-order chi connectivity index (χ0) is 15.4. The number of benzene rings is 1. The lowest BCUT2D eigenvalue weighted by atomic mass is 9.96. The van der Waals surface area contributed by atoms with Gasteiger partial charge < -0.3 is 15.7 Å². The Bertz CT molecular complexity index is 531. The van der Waals surface area contributed by atoms with Gasteiger partial charge in [0.15, 0.2) is 0 Å². The number of nitrogens with one attached hydrogen (secondary N) is 2. The second-order valence-corrected chi connectivity index (χ2v) is 4.94. The Morgan fingerprint density at radius 2 is 2.10 bits per heavy atom. The Hall–Kier alpha value is -2.02. The number of hydrogen-bond acceptors (Lipinski definition) is 3. The highest BCUT2D eigenvalue weighted by molar-refractivity contribution is 5.86. The summed E-state index contributed by atoms with van der Waals surface area (Å²) >= 11 is 0.